The molecule has 1 N–H and O–H groups in total. The molecule has 3 aromatic rings. The van der Waals surface area contributed by atoms with E-state index in [4.69, 9.17) is 18.9 Å². The number of piperidine rings is 1. The number of benzene rings is 3. The number of hydrogen-bond acceptors (Lipinski definition) is 6. The first-order valence-corrected chi connectivity index (χ1v) is 14.5. The Morgan fingerprint density at radius 1 is 0.955 bits per heavy atom. The van der Waals surface area contributed by atoms with Gasteiger partial charge < -0.3 is 29.2 Å². The van der Waals surface area contributed by atoms with Crippen LogP contribution in [0.25, 0.3) is 0 Å². The van der Waals surface area contributed by atoms with Crippen molar-refractivity contribution in [1.82, 2.24) is 10.2 Å². The number of amides is 2. The topological polar surface area (TPSA) is 86.3 Å². The quantitative estimate of drug-likeness (QED) is 0.326. The van der Waals surface area contributed by atoms with Crippen LogP contribution in [0.4, 0.5) is 18.0 Å². The van der Waals surface area contributed by atoms with Gasteiger partial charge in [0.15, 0.2) is 11.5 Å². The summed E-state index contributed by atoms with van der Waals surface area (Å²) in [6.07, 6.45) is 1.77. The van der Waals surface area contributed by atoms with Crippen molar-refractivity contribution in [2.75, 3.05) is 33.0 Å². The number of halogens is 3. The fraction of sp³-hybridized carbons (Fsp3) is 0.394. The molecule has 2 amide bonds. The van der Waals surface area contributed by atoms with Crippen molar-refractivity contribution in [3.8, 4) is 17.2 Å². The molecule has 1 fully saturated rings. The zero-order chi connectivity index (χ0) is 31.7. The maximum Gasteiger partial charge on any atom is 0.410 e. The van der Waals surface area contributed by atoms with Gasteiger partial charge in [-0.3, -0.25) is 4.79 Å². The number of carbonyl (C=O) groups is 2. The van der Waals surface area contributed by atoms with Gasteiger partial charge in [-0.05, 0) is 76.4 Å². The van der Waals surface area contributed by atoms with Crippen LogP contribution in [0.1, 0.15) is 49.5 Å². The molecule has 3 aromatic carbocycles. The lowest BCUT2D eigenvalue weighted by atomic mass is 9.99. The predicted molar refractivity (Wildman–Crippen MR) is 157 cm³/mol. The van der Waals surface area contributed by atoms with Gasteiger partial charge in [0.25, 0.3) is 5.91 Å². The molecular weight excluding hydrogens is 577 g/mol. The maximum atomic E-state index is 13.3. The lowest BCUT2D eigenvalue weighted by molar-refractivity contribution is 0.0139. The van der Waals surface area contributed by atoms with Crippen molar-refractivity contribution in [2.24, 2.45) is 5.92 Å². The lowest BCUT2D eigenvalue weighted by Gasteiger charge is -2.34. The van der Waals surface area contributed by atoms with Crippen LogP contribution >= 0.6 is 0 Å². The van der Waals surface area contributed by atoms with Crippen LogP contribution in [0.15, 0.2) is 60.7 Å². The Kier molecular flexibility index (Phi) is 11.0. The summed E-state index contributed by atoms with van der Waals surface area (Å²) in [5.74, 6) is -0.0508. The molecule has 8 nitrogen and oxygen atoms in total. The fourth-order valence-electron chi connectivity index (χ4n) is 4.69. The number of fused-ring (bicyclic) bond motifs is 1. The minimum absolute atomic E-state index is 0.00129. The zero-order valence-corrected chi connectivity index (χ0v) is 25.0. The lowest BCUT2D eigenvalue weighted by Crippen LogP contribution is -2.44. The molecule has 0 saturated carbocycles. The van der Waals surface area contributed by atoms with E-state index in [2.05, 4.69) is 5.32 Å². The summed E-state index contributed by atoms with van der Waals surface area (Å²) in [6.45, 7) is 7.91. The van der Waals surface area contributed by atoms with E-state index in [-0.39, 0.29) is 37.0 Å². The SMILES string of the molecule is CC(C)(C)OC(=O)N1CCCC(COc2ccc3c(c2)OCO3)C1.O=C(NCCc1c(F)cccc1F)c1ccccc1F. The molecule has 0 aliphatic carbocycles. The Morgan fingerprint density at radius 2 is 1.66 bits per heavy atom. The molecule has 1 unspecified atom stereocenters. The van der Waals surface area contributed by atoms with E-state index < -0.39 is 29.0 Å². The number of carbonyl (C=O) groups excluding carboxylic acids is 2. The zero-order valence-electron chi connectivity index (χ0n) is 25.0. The van der Waals surface area contributed by atoms with Crippen LogP contribution in [0.3, 0.4) is 0 Å². The maximum absolute atomic E-state index is 13.3. The van der Waals surface area contributed by atoms with Gasteiger partial charge in [-0.1, -0.05) is 18.2 Å². The molecule has 1 atom stereocenters. The number of rotatable bonds is 7. The van der Waals surface area contributed by atoms with Gasteiger partial charge in [0, 0.05) is 37.2 Å². The second-order valence-electron chi connectivity index (χ2n) is 11.4. The minimum Gasteiger partial charge on any atom is -0.493 e. The molecule has 1 saturated heterocycles. The van der Waals surface area contributed by atoms with Crippen molar-refractivity contribution < 1.29 is 41.7 Å². The van der Waals surface area contributed by atoms with E-state index >= 15 is 0 Å². The van der Waals surface area contributed by atoms with E-state index in [1.165, 1.54) is 30.3 Å². The summed E-state index contributed by atoms with van der Waals surface area (Å²) >= 11 is 0. The third-order valence-corrected chi connectivity index (χ3v) is 6.84. The summed E-state index contributed by atoms with van der Waals surface area (Å²) in [7, 11) is 0. The third-order valence-electron chi connectivity index (χ3n) is 6.84. The number of nitrogens with zero attached hydrogens (tertiary/aromatic N) is 1. The van der Waals surface area contributed by atoms with Gasteiger partial charge >= 0.3 is 6.09 Å². The van der Waals surface area contributed by atoms with Crippen molar-refractivity contribution >= 4 is 12.0 Å². The predicted octanol–water partition coefficient (Wildman–Crippen LogP) is 6.52. The summed E-state index contributed by atoms with van der Waals surface area (Å²) in [4.78, 5) is 25.7. The number of ether oxygens (including phenoxy) is 4. The Bertz CT molecular complexity index is 1430. The number of hydrogen-bond donors (Lipinski definition) is 1. The summed E-state index contributed by atoms with van der Waals surface area (Å²) < 4.78 is 62.0. The molecule has 236 valence electrons. The Balaban J connectivity index is 0.000000204. The Hall–Kier alpha value is -4.41. The number of nitrogens with one attached hydrogen (secondary N) is 1. The summed E-state index contributed by atoms with van der Waals surface area (Å²) in [6, 6.07) is 14.7. The van der Waals surface area contributed by atoms with Crippen LogP contribution in [-0.2, 0) is 11.2 Å². The highest BCUT2D eigenvalue weighted by Gasteiger charge is 2.28. The van der Waals surface area contributed by atoms with Crippen molar-refractivity contribution in [3.05, 3.63) is 89.2 Å². The van der Waals surface area contributed by atoms with Gasteiger partial charge in [0.05, 0.1) is 12.2 Å². The molecule has 0 radical (unpaired) electrons. The summed E-state index contributed by atoms with van der Waals surface area (Å²) in [5.41, 5.74) is -0.657. The monoisotopic (exact) mass is 614 g/mol. The van der Waals surface area contributed by atoms with Crippen LogP contribution in [-0.4, -0.2) is 55.5 Å². The van der Waals surface area contributed by atoms with Crippen molar-refractivity contribution in [3.63, 3.8) is 0 Å². The molecule has 44 heavy (non-hydrogen) atoms. The molecule has 0 bridgehead atoms. The largest absolute Gasteiger partial charge is 0.493 e. The van der Waals surface area contributed by atoms with Gasteiger partial charge in [-0.15, -0.1) is 0 Å². The normalized spacial score (nSPS) is 15.6. The molecule has 11 heteroatoms. The van der Waals surface area contributed by atoms with E-state index in [0.717, 1.165) is 43.0 Å². The molecule has 5 rings (SSSR count). The van der Waals surface area contributed by atoms with E-state index in [0.29, 0.717) is 24.8 Å². The highest BCUT2D eigenvalue weighted by molar-refractivity contribution is 5.94. The third kappa shape index (κ3) is 9.29. The Morgan fingerprint density at radius 3 is 2.39 bits per heavy atom. The number of likely N-dealkylation sites (tertiary alicyclic amines) is 1. The van der Waals surface area contributed by atoms with E-state index in [9.17, 15) is 22.8 Å². The summed E-state index contributed by atoms with van der Waals surface area (Å²) in [5, 5.41) is 2.43. The molecular formula is C33H37F3N2O6. The smallest absolute Gasteiger partial charge is 0.410 e. The molecule has 0 aromatic heterocycles. The standard InChI is InChI=1S/C18H25NO5.C15H12F3NO/c1-18(2,3)24-17(20)19-8-4-5-13(10-19)11-21-14-6-7-15-16(9-14)23-12-22-15;16-12-6-3-7-13(17)10(12)8-9-19-15(20)11-4-1-2-5-14(11)18/h6-7,9,13H,4-5,8,10-12H2,1-3H3;1-7H,8-9H2,(H,19,20). The highest BCUT2D eigenvalue weighted by atomic mass is 19.1. The second kappa shape index (κ2) is 14.9. The first-order valence-electron chi connectivity index (χ1n) is 14.5. The van der Waals surface area contributed by atoms with Crippen LogP contribution in [0.5, 0.6) is 17.2 Å². The van der Waals surface area contributed by atoms with Gasteiger partial charge in [-0.25, -0.2) is 18.0 Å². The molecule has 0 spiro atoms. The van der Waals surface area contributed by atoms with Crippen molar-refractivity contribution in [2.45, 2.75) is 45.6 Å². The average Bonchev–Trinajstić information content (AvgIpc) is 3.45. The highest BCUT2D eigenvalue weighted by Crippen LogP contribution is 2.35. The molecule has 2 heterocycles. The van der Waals surface area contributed by atoms with Crippen molar-refractivity contribution in [1.29, 1.82) is 0 Å². The second-order valence-corrected chi connectivity index (χ2v) is 11.4. The van der Waals surface area contributed by atoms with Gasteiger partial charge in [0.2, 0.25) is 6.79 Å². The minimum atomic E-state index is -0.662. The van der Waals surface area contributed by atoms with Crippen LogP contribution in [0.2, 0.25) is 0 Å². The van der Waals surface area contributed by atoms with Gasteiger partial charge in [0.1, 0.15) is 28.8 Å². The molecule has 2 aliphatic heterocycles. The van der Waals surface area contributed by atoms with Crippen LogP contribution < -0.4 is 19.5 Å². The van der Waals surface area contributed by atoms with E-state index in [1.807, 2.05) is 39.0 Å². The first kappa shape index (κ1) is 32.5. The van der Waals surface area contributed by atoms with Crippen LogP contribution in [0, 0.1) is 23.4 Å². The van der Waals surface area contributed by atoms with Gasteiger partial charge in [-0.2, -0.15) is 0 Å². The Labute approximate surface area is 255 Å². The molecule has 2 aliphatic rings. The fourth-order valence-corrected chi connectivity index (χ4v) is 4.69. The van der Waals surface area contributed by atoms with E-state index in [1.54, 1.807) is 4.90 Å². The average molecular weight is 615 g/mol. The first-order chi connectivity index (χ1) is 21.0.